The maximum atomic E-state index is 10.9. The summed E-state index contributed by atoms with van der Waals surface area (Å²) in [6, 6.07) is 0. The van der Waals surface area contributed by atoms with Gasteiger partial charge in [-0.3, -0.25) is 0 Å². The Hall–Kier alpha value is -0.880. The Balaban J connectivity index is 2.69. The maximum absolute atomic E-state index is 10.9. The Morgan fingerprint density at radius 1 is 1.62 bits per heavy atom. The van der Waals surface area contributed by atoms with E-state index < -0.39 is 9.84 Å². The molecule has 13 heavy (non-hydrogen) atoms. The molecule has 1 aromatic rings. The van der Waals surface area contributed by atoms with E-state index in [0.29, 0.717) is 18.2 Å². The molecule has 6 heteroatoms. The predicted octanol–water partition coefficient (Wildman–Crippen LogP) is -0.0614. The molecule has 0 aromatic carbocycles. The van der Waals surface area contributed by atoms with Crippen LogP contribution in [0.25, 0.3) is 0 Å². The van der Waals surface area contributed by atoms with Gasteiger partial charge in [-0.1, -0.05) is 0 Å². The van der Waals surface area contributed by atoms with Gasteiger partial charge in [-0.15, -0.1) is 0 Å². The normalized spacial score (nSPS) is 11.8. The minimum atomic E-state index is -3.03. The van der Waals surface area contributed by atoms with Gasteiger partial charge in [0.2, 0.25) is 5.89 Å². The third-order valence-corrected chi connectivity index (χ3v) is 2.14. The molecule has 0 spiro atoms. The van der Waals surface area contributed by atoms with Gasteiger partial charge in [0.15, 0.2) is 9.84 Å². The van der Waals surface area contributed by atoms with Crippen LogP contribution in [0.3, 0.4) is 0 Å². The molecule has 0 fully saturated rings. The smallest absolute Gasteiger partial charge is 0.208 e. The fourth-order valence-electron chi connectivity index (χ4n) is 0.906. The predicted molar refractivity (Wildman–Crippen MR) is 47.8 cm³/mol. The summed E-state index contributed by atoms with van der Waals surface area (Å²) in [5.41, 5.74) is 0. The fourth-order valence-corrected chi connectivity index (χ4v) is 1.56. The van der Waals surface area contributed by atoms with Gasteiger partial charge in [0.25, 0.3) is 0 Å². The summed E-state index contributed by atoms with van der Waals surface area (Å²) in [6.45, 7) is 0.504. The number of rotatable bonds is 4. The van der Waals surface area contributed by atoms with Crippen molar-refractivity contribution < 1.29 is 12.8 Å². The second-order valence-corrected chi connectivity index (χ2v) is 4.96. The molecule has 5 nitrogen and oxygen atoms in total. The molecular weight excluding hydrogens is 192 g/mol. The number of nitrogens with zero attached hydrogens (tertiary/aromatic N) is 1. The van der Waals surface area contributed by atoms with Crippen molar-refractivity contribution in [2.75, 3.05) is 13.3 Å². The quantitative estimate of drug-likeness (QED) is 0.743. The van der Waals surface area contributed by atoms with Crippen LogP contribution in [0.15, 0.2) is 10.6 Å². The third-order valence-electron chi connectivity index (χ3n) is 1.33. The molecule has 0 aliphatic rings. The summed E-state index contributed by atoms with van der Waals surface area (Å²) in [5.74, 6) is 0.790. The molecule has 1 rings (SSSR count). The average molecular weight is 204 g/mol. The van der Waals surface area contributed by atoms with Gasteiger partial charge in [-0.25, -0.2) is 13.4 Å². The second-order valence-electron chi connectivity index (χ2n) is 2.82. The van der Waals surface area contributed by atoms with Gasteiger partial charge in [0.05, 0.1) is 12.7 Å². The summed E-state index contributed by atoms with van der Waals surface area (Å²) in [4.78, 5) is 3.90. The Labute approximate surface area is 77.1 Å². The Kier molecular flexibility index (Phi) is 3.05. The van der Waals surface area contributed by atoms with Gasteiger partial charge in [0.1, 0.15) is 11.5 Å². The van der Waals surface area contributed by atoms with Gasteiger partial charge in [0, 0.05) is 6.26 Å². The molecule has 1 N–H and O–H groups in total. The van der Waals surface area contributed by atoms with Crippen LogP contribution in [-0.2, 0) is 22.1 Å². The van der Waals surface area contributed by atoms with Crippen molar-refractivity contribution in [3.05, 3.63) is 17.8 Å². The highest BCUT2D eigenvalue weighted by atomic mass is 32.2. The van der Waals surface area contributed by atoms with E-state index in [-0.39, 0.29) is 5.75 Å². The van der Waals surface area contributed by atoms with E-state index in [2.05, 4.69) is 10.3 Å². The first-order valence-electron chi connectivity index (χ1n) is 3.77. The lowest BCUT2D eigenvalue weighted by Crippen LogP contribution is -2.04. The first-order valence-corrected chi connectivity index (χ1v) is 5.83. The first-order chi connectivity index (χ1) is 6.01. The molecule has 0 unspecified atom stereocenters. The number of sulfone groups is 1. The van der Waals surface area contributed by atoms with E-state index >= 15 is 0 Å². The minimum absolute atomic E-state index is 0.0935. The van der Waals surface area contributed by atoms with Crippen molar-refractivity contribution >= 4 is 9.84 Å². The number of aromatic nitrogens is 1. The van der Waals surface area contributed by atoms with Crippen LogP contribution in [0.4, 0.5) is 0 Å². The van der Waals surface area contributed by atoms with E-state index in [1.165, 1.54) is 6.20 Å². The van der Waals surface area contributed by atoms with Crippen LogP contribution < -0.4 is 5.32 Å². The zero-order valence-corrected chi connectivity index (χ0v) is 8.39. The molecular formula is C7H12N2O3S. The standard InChI is InChI=1S/C7H12N2O3S/c1-8-4-7-9-3-6(12-7)5-13(2,10)11/h3,8H,4-5H2,1-2H3. The van der Waals surface area contributed by atoms with Crippen molar-refractivity contribution in [1.29, 1.82) is 0 Å². The van der Waals surface area contributed by atoms with Crippen LogP contribution in [0.2, 0.25) is 0 Å². The van der Waals surface area contributed by atoms with Gasteiger partial charge in [-0.2, -0.15) is 0 Å². The first kappa shape index (κ1) is 10.2. The van der Waals surface area contributed by atoms with Crippen molar-refractivity contribution in [2.24, 2.45) is 0 Å². The zero-order valence-electron chi connectivity index (χ0n) is 7.57. The van der Waals surface area contributed by atoms with Crippen molar-refractivity contribution in [1.82, 2.24) is 10.3 Å². The Morgan fingerprint density at radius 3 is 2.85 bits per heavy atom. The monoisotopic (exact) mass is 204 g/mol. The van der Waals surface area contributed by atoms with Crippen LogP contribution in [0.1, 0.15) is 11.7 Å². The van der Waals surface area contributed by atoms with E-state index in [1.807, 2.05) is 0 Å². The zero-order chi connectivity index (χ0) is 9.90. The van der Waals surface area contributed by atoms with Gasteiger partial charge >= 0.3 is 0 Å². The molecule has 74 valence electrons. The SMILES string of the molecule is CNCc1ncc(CS(C)(=O)=O)o1. The topological polar surface area (TPSA) is 72.2 Å². The Morgan fingerprint density at radius 2 is 2.31 bits per heavy atom. The van der Waals surface area contributed by atoms with Crippen LogP contribution in [0, 0.1) is 0 Å². The van der Waals surface area contributed by atoms with Gasteiger partial charge in [-0.05, 0) is 7.05 Å². The second kappa shape index (κ2) is 3.89. The molecule has 0 bridgehead atoms. The minimum Gasteiger partial charge on any atom is -0.443 e. The molecule has 1 aromatic heterocycles. The molecule has 0 amide bonds. The lowest BCUT2D eigenvalue weighted by Gasteiger charge is -1.93. The Bertz CT molecular complexity index is 369. The van der Waals surface area contributed by atoms with E-state index in [1.54, 1.807) is 7.05 Å². The molecule has 1 heterocycles. The van der Waals surface area contributed by atoms with E-state index in [0.717, 1.165) is 6.26 Å². The molecule has 0 saturated heterocycles. The number of nitrogens with one attached hydrogen (secondary N) is 1. The number of hydrogen-bond donors (Lipinski definition) is 1. The van der Waals surface area contributed by atoms with Crippen LogP contribution in [-0.4, -0.2) is 26.7 Å². The largest absolute Gasteiger partial charge is 0.443 e. The summed E-state index contributed by atoms with van der Waals surface area (Å²) in [5, 5.41) is 2.85. The highest BCUT2D eigenvalue weighted by molar-refractivity contribution is 7.89. The van der Waals surface area contributed by atoms with Crippen LogP contribution in [0.5, 0.6) is 0 Å². The van der Waals surface area contributed by atoms with Gasteiger partial charge < -0.3 is 9.73 Å². The molecule has 0 aliphatic heterocycles. The highest BCUT2D eigenvalue weighted by Gasteiger charge is 2.09. The lowest BCUT2D eigenvalue weighted by molar-refractivity contribution is 0.453. The van der Waals surface area contributed by atoms with Crippen molar-refractivity contribution in [2.45, 2.75) is 12.3 Å². The molecule has 0 radical (unpaired) electrons. The number of hydrogen-bond acceptors (Lipinski definition) is 5. The fraction of sp³-hybridized carbons (Fsp3) is 0.571. The number of oxazole rings is 1. The van der Waals surface area contributed by atoms with Crippen molar-refractivity contribution in [3.8, 4) is 0 Å². The molecule has 0 aliphatic carbocycles. The average Bonchev–Trinajstić information content (AvgIpc) is 2.33. The lowest BCUT2D eigenvalue weighted by atomic mass is 10.6. The molecule has 0 atom stereocenters. The van der Waals surface area contributed by atoms with E-state index in [9.17, 15) is 8.42 Å². The van der Waals surface area contributed by atoms with E-state index in [4.69, 9.17) is 4.42 Å². The summed E-state index contributed by atoms with van der Waals surface area (Å²) in [7, 11) is -1.27. The summed E-state index contributed by atoms with van der Waals surface area (Å²) < 4.78 is 26.9. The maximum Gasteiger partial charge on any atom is 0.208 e. The van der Waals surface area contributed by atoms with Crippen molar-refractivity contribution in [3.63, 3.8) is 0 Å². The van der Waals surface area contributed by atoms with Crippen LogP contribution >= 0.6 is 0 Å². The highest BCUT2D eigenvalue weighted by Crippen LogP contribution is 2.06. The summed E-state index contributed by atoms with van der Waals surface area (Å²) >= 11 is 0. The molecule has 0 saturated carbocycles. The third kappa shape index (κ3) is 3.56. The summed E-state index contributed by atoms with van der Waals surface area (Å²) in [6.07, 6.45) is 2.60.